The van der Waals surface area contributed by atoms with E-state index in [1.807, 2.05) is 41.0 Å². The van der Waals surface area contributed by atoms with Crippen molar-refractivity contribution >= 4 is 47.6 Å². The highest BCUT2D eigenvalue weighted by atomic mass is 32.1. The Morgan fingerprint density at radius 1 is 1.15 bits per heavy atom. The third-order valence-electron chi connectivity index (χ3n) is 7.34. The Balaban J connectivity index is 1.21. The van der Waals surface area contributed by atoms with Crippen molar-refractivity contribution < 1.29 is 23.5 Å². The highest BCUT2D eigenvalue weighted by Gasteiger charge is 2.33. The van der Waals surface area contributed by atoms with E-state index in [1.54, 1.807) is 12.1 Å². The SMILES string of the molecule is CC[C@H](S)NC[C@H]1CN(c2ccc(N3CCN(C(=O)CCCc4ccc(NC(=O)CN)cc4)CC3)c(F)c2)C(=O)O1. The molecule has 0 aliphatic carbocycles. The summed E-state index contributed by atoms with van der Waals surface area (Å²) in [6.45, 7) is 4.87. The minimum Gasteiger partial charge on any atom is -0.443 e. The molecule has 3 amide bonds. The van der Waals surface area contributed by atoms with Crippen LogP contribution in [0.25, 0.3) is 0 Å². The Morgan fingerprint density at radius 3 is 2.54 bits per heavy atom. The Morgan fingerprint density at radius 2 is 1.88 bits per heavy atom. The molecule has 12 heteroatoms. The van der Waals surface area contributed by atoms with E-state index >= 15 is 4.39 Å². The van der Waals surface area contributed by atoms with Crippen LogP contribution in [-0.2, 0) is 20.7 Å². The molecule has 2 aliphatic rings. The molecule has 41 heavy (non-hydrogen) atoms. The zero-order valence-corrected chi connectivity index (χ0v) is 24.2. The van der Waals surface area contributed by atoms with Gasteiger partial charge in [-0.3, -0.25) is 14.5 Å². The van der Waals surface area contributed by atoms with E-state index in [9.17, 15) is 14.4 Å². The van der Waals surface area contributed by atoms with Crippen molar-refractivity contribution in [1.29, 1.82) is 0 Å². The molecule has 2 atom stereocenters. The van der Waals surface area contributed by atoms with Gasteiger partial charge in [0.2, 0.25) is 11.8 Å². The number of cyclic esters (lactones) is 1. The van der Waals surface area contributed by atoms with Crippen LogP contribution in [0.5, 0.6) is 0 Å². The van der Waals surface area contributed by atoms with Gasteiger partial charge in [-0.2, -0.15) is 12.6 Å². The summed E-state index contributed by atoms with van der Waals surface area (Å²) >= 11 is 4.40. The molecule has 0 aromatic heterocycles. The molecule has 10 nitrogen and oxygen atoms in total. The van der Waals surface area contributed by atoms with E-state index in [-0.39, 0.29) is 29.8 Å². The standard InChI is InChI=1S/C29H39FN6O4S/c1-2-27(41)32-18-23-19-36(29(39)40-23)22-10-11-25(24(30)16-22)34-12-14-35(15-13-34)28(38)5-3-4-20-6-8-21(9-7-20)33-26(37)17-31/h6-11,16,23,27,32,41H,2-5,12-15,17-19,31H2,1H3,(H,33,37)/t23-,27-/m0/s1. The lowest BCUT2D eigenvalue weighted by molar-refractivity contribution is -0.131. The van der Waals surface area contributed by atoms with Gasteiger partial charge in [-0.15, -0.1) is 0 Å². The van der Waals surface area contributed by atoms with Crippen LogP contribution in [-0.4, -0.2) is 80.1 Å². The second kappa shape index (κ2) is 14.5. The third kappa shape index (κ3) is 8.34. The van der Waals surface area contributed by atoms with Crippen LogP contribution in [0.4, 0.5) is 26.2 Å². The van der Waals surface area contributed by atoms with Gasteiger partial charge in [-0.25, -0.2) is 9.18 Å². The summed E-state index contributed by atoms with van der Waals surface area (Å²) in [5.41, 5.74) is 8.01. The second-order valence-corrected chi connectivity index (χ2v) is 10.9. The van der Waals surface area contributed by atoms with Crippen molar-refractivity contribution in [2.45, 2.75) is 44.1 Å². The van der Waals surface area contributed by atoms with Crippen molar-refractivity contribution in [3.8, 4) is 0 Å². The molecule has 2 aromatic rings. The number of halogens is 1. The van der Waals surface area contributed by atoms with Gasteiger partial charge in [0.05, 0.1) is 29.8 Å². The molecular formula is C29H39FN6O4S. The molecule has 0 spiro atoms. The van der Waals surface area contributed by atoms with Gasteiger partial charge in [0.15, 0.2) is 0 Å². The first-order valence-corrected chi connectivity index (χ1v) is 14.6. The van der Waals surface area contributed by atoms with Gasteiger partial charge >= 0.3 is 6.09 Å². The first-order chi connectivity index (χ1) is 19.8. The summed E-state index contributed by atoms with van der Waals surface area (Å²) in [7, 11) is 0. The van der Waals surface area contributed by atoms with Crippen LogP contribution < -0.4 is 26.2 Å². The molecule has 0 saturated carbocycles. The molecule has 0 radical (unpaired) electrons. The Labute approximate surface area is 245 Å². The lowest BCUT2D eigenvalue weighted by Crippen LogP contribution is -2.49. The minimum absolute atomic E-state index is 0.0259. The van der Waals surface area contributed by atoms with Crippen molar-refractivity contribution in [2.24, 2.45) is 5.73 Å². The molecule has 4 rings (SSSR count). The summed E-state index contributed by atoms with van der Waals surface area (Å²) in [5.74, 6) is -0.563. The topological polar surface area (TPSA) is 120 Å². The summed E-state index contributed by atoms with van der Waals surface area (Å²) in [5, 5.41) is 5.94. The van der Waals surface area contributed by atoms with Gasteiger partial charge in [-0.05, 0) is 55.2 Å². The predicted molar refractivity (Wildman–Crippen MR) is 161 cm³/mol. The van der Waals surface area contributed by atoms with Gasteiger partial charge in [0, 0.05) is 44.8 Å². The zero-order chi connectivity index (χ0) is 29.4. The van der Waals surface area contributed by atoms with Gasteiger partial charge in [-0.1, -0.05) is 19.1 Å². The first-order valence-electron chi connectivity index (χ1n) is 14.1. The van der Waals surface area contributed by atoms with E-state index in [0.29, 0.717) is 69.2 Å². The minimum atomic E-state index is -0.490. The van der Waals surface area contributed by atoms with Crippen molar-refractivity contribution in [3.63, 3.8) is 0 Å². The molecular weight excluding hydrogens is 547 g/mol. The van der Waals surface area contributed by atoms with E-state index < -0.39 is 11.9 Å². The monoisotopic (exact) mass is 586 g/mol. The van der Waals surface area contributed by atoms with Crippen LogP contribution in [0.1, 0.15) is 31.7 Å². The molecule has 2 aromatic carbocycles. The summed E-state index contributed by atoms with van der Waals surface area (Å²) in [6.07, 6.45) is 1.93. The Bertz CT molecular complexity index is 1210. The van der Waals surface area contributed by atoms with E-state index in [4.69, 9.17) is 10.5 Å². The third-order valence-corrected chi connectivity index (χ3v) is 7.88. The maximum Gasteiger partial charge on any atom is 0.414 e. The smallest absolute Gasteiger partial charge is 0.414 e. The van der Waals surface area contributed by atoms with Crippen LogP contribution in [0.3, 0.4) is 0 Å². The average Bonchev–Trinajstić information content (AvgIpc) is 3.36. The fourth-order valence-corrected chi connectivity index (χ4v) is 5.04. The van der Waals surface area contributed by atoms with Gasteiger partial charge < -0.3 is 30.9 Å². The quantitative estimate of drug-likeness (QED) is 0.223. The number of nitrogens with zero attached hydrogens (tertiary/aromatic N) is 3. The van der Waals surface area contributed by atoms with Crippen molar-refractivity contribution in [2.75, 3.05) is 60.9 Å². The molecule has 2 heterocycles. The highest BCUT2D eigenvalue weighted by molar-refractivity contribution is 7.80. The molecule has 0 unspecified atom stereocenters. The number of hydrogen-bond donors (Lipinski definition) is 4. The fourth-order valence-electron chi connectivity index (χ4n) is 4.94. The number of nitrogens with one attached hydrogen (secondary N) is 2. The van der Waals surface area contributed by atoms with Crippen LogP contribution >= 0.6 is 12.6 Å². The molecule has 0 bridgehead atoms. The molecule has 2 saturated heterocycles. The lowest BCUT2D eigenvalue weighted by atomic mass is 10.1. The predicted octanol–water partition coefficient (Wildman–Crippen LogP) is 2.98. The van der Waals surface area contributed by atoms with Gasteiger partial charge in [0.1, 0.15) is 11.9 Å². The number of hydrogen-bond acceptors (Lipinski definition) is 8. The average molecular weight is 587 g/mol. The maximum atomic E-state index is 15.2. The number of nitrogens with two attached hydrogens (primary N) is 1. The summed E-state index contributed by atoms with van der Waals surface area (Å²) < 4.78 is 20.6. The molecule has 2 fully saturated rings. The Kier molecular flexibility index (Phi) is 10.8. The van der Waals surface area contributed by atoms with E-state index in [2.05, 4.69) is 23.3 Å². The van der Waals surface area contributed by atoms with E-state index in [0.717, 1.165) is 18.4 Å². The highest BCUT2D eigenvalue weighted by Crippen LogP contribution is 2.28. The fraction of sp³-hybridized carbons (Fsp3) is 0.483. The molecule has 222 valence electrons. The number of anilines is 3. The lowest BCUT2D eigenvalue weighted by Gasteiger charge is -2.36. The van der Waals surface area contributed by atoms with Crippen molar-refractivity contribution in [1.82, 2.24) is 10.2 Å². The maximum absolute atomic E-state index is 15.2. The summed E-state index contributed by atoms with van der Waals surface area (Å²) in [6, 6.07) is 12.3. The Hall–Kier alpha value is -3.35. The molecule has 4 N–H and O–H groups in total. The normalized spacial score (nSPS) is 17.9. The number of thiol groups is 1. The van der Waals surface area contributed by atoms with Crippen LogP contribution in [0.2, 0.25) is 0 Å². The number of carbonyl (C=O) groups is 3. The number of ether oxygens (including phenoxy) is 1. The number of benzene rings is 2. The van der Waals surface area contributed by atoms with Gasteiger partial charge in [0.25, 0.3) is 0 Å². The number of carbonyl (C=O) groups excluding carboxylic acids is 3. The second-order valence-electron chi connectivity index (χ2n) is 10.3. The van der Waals surface area contributed by atoms with Crippen LogP contribution in [0, 0.1) is 5.82 Å². The largest absolute Gasteiger partial charge is 0.443 e. The number of aryl methyl sites for hydroxylation is 1. The summed E-state index contributed by atoms with van der Waals surface area (Å²) in [4.78, 5) is 41.7. The molecule has 2 aliphatic heterocycles. The number of rotatable bonds is 12. The van der Waals surface area contributed by atoms with E-state index in [1.165, 1.54) is 11.0 Å². The van der Waals surface area contributed by atoms with Crippen LogP contribution in [0.15, 0.2) is 42.5 Å². The first kappa shape index (κ1) is 30.6. The zero-order valence-electron chi connectivity index (χ0n) is 23.4. The van der Waals surface area contributed by atoms with Crippen molar-refractivity contribution in [3.05, 3.63) is 53.8 Å². The number of amides is 3. The number of piperazine rings is 1.